The molecule has 0 unspecified atom stereocenters. The summed E-state index contributed by atoms with van der Waals surface area (Å²) in [6.45, 7) is 2.27. The predicted octanol–water partition coefficient (Wildman–Crippen LogP) is 0.526. The first-order valence-corrected chi connectivity index (χ1v) is 7.36. The quantitative estimate of drug-likeness (QED) is 0.562. The number of rotatable bonds is 4. The van der Waals surface area contributed by atoms with Crippen molar-refractivity contribution >= 4 is 8.56 Å². The molecule has 0 amide bonds. The number of nitrogens with one attached hydrogen (secondary N) is 3. The van der Waals surface area contributed by atoms with Crippen molar-refractivity contribution in [3.63, 3.8) is 0 Å². The topological polar surface area (TPSA) is 36.1 Å². The van der Waals surface area contributed by atoms with Crippen LogP contribution in [0.5, 0.6) is 0 Å². The smallest absolute Gasteiger partial charge is 0.277 e. The summed E-state index contributed by atoms with van der Waals surface area (Å²) < 4.78 is 0. The molecule has 1 rings (SSSR count). The van der Waals surface area contributed by atoms with Crippen molar-refractivity contribution in [3.8, 4) is 0 Å². The second-order valence-electron chi connectivity index (χ2n) is 3.75. The molecule has 1 aliphatic rings. The minimum absolute atomic E-state index is 0.751. The molecule has 1 aliphatic carbocycles. The van der Waals surface area contributed by atoms with Gasteiger partial charge in [0.1, 0.15) is 0 Å². The molecule has 4 heteroatoms. The lowest BCUT2D eigenvalue weighted by molar-refractivity contribution is 0.612. The molecule has 1 saturated carbocycles. The Balaban J connectivity index is 2.35. The predicted molar refractivity (Wildman–Crippen MR) is 55.1 cm³/mol. The van der Waals surface area contributed by atoms with Crippen molar-refractivity contribution in [3.05, 3.63) is 0 Å². The summed E-state index contributed by atoms with van der Waals surface area (Å²) in [4.78, 5) is 10.5. The lowest BCUT2D eigenvalue weighted by Crippen LogP contribution is -2.70. The molecule has 0 bridgehead atoms. The SMILES string of the molecule is CN[Si](C)(NC)NC1CCCC1. The fraction of sp³-hybridized carbons (Fsp3) is 1.00. The van der Waals surface area contributed by atoms with E-state index in [9.17, 15) is 0 Å². The van der Waals surface area contributed by atoms with Gasteiger partial charge in [0, 0.05) is 6.04 Å². The number of hydrogen-bond acceptors (Lipinski definition) is 3. The van der Waals surface area contributed by atoms with Crippen LogP contribution in [0.15, 0.2) is 0 Å². The van der Waals surface area contributed by atoms with Crippen LogP contribution in [0.1, 0.15) is 25.7 Å². The highest BCUT2D eigenvalue weighted by molar-refractivity contribution is 6.71. The Hall–Kier alpha value is 0.0969. The average molecular weight is 187 g/mol. The minimum atomic E-state index is -1.51. The van der Waals surface area contributed by atoms with E-state index in [0.717, 1.165) is 6.04 Å². The monoisotopic (exact) mass is 187 g/mol. The standard InChI is InChI=1S/C8H21N3Si/c1-9-12(3,10-2)11-8-6-4-5-7-8/h8-11H,4-7H2,1-3H3. The molecule has 0 spiro atoms. The summed E-state index contributed by atoms with van der Waals surface area (Å²) in [5, 5.41) is 0. The molecule has 0 radical (unpaired) electrons. The van der Waals surface area contributed by atoms with Gasteiger partial charge in [0.2, 0.25) is 0 Å². The molecule has 72 valence electrons. The molecule has 0 aromatic rings. The highest BCUT2D eigenvalue weighted by Gasteiger charge is 2.28. The van der Waals surface area contributed by atoms with Gasteiger partial charge in [0.05, 0.1) is 0 Å². The Kier molecular flexibility index (Phi) is 3.70. The Labute approximate surface area is 76.6 Å². The van der Waals surface area contributed by atoms with E-state index in [-0.39, 0.29) is 0 Å². The molecule has 0 aliphatic heterocycles. The normalized spacial score (nSPS) is 20.2. The van der Waals surface area contributed by atoms with E-state index in [0.29, 0.717) is 0 Å². The maximum atomic E-state index is 3.71. The number of hydrogen-bond donors (Lipinski definition) is 3. The largest absolute Gasteiger partial charge is 0.316 e. The van der Waals surface area contributed by atoms with Crippen molar-refractivity contribution in [2.75, 3.05) is 14.1 Å². The van der Waals surface area contributed by atoms with Crippen molar-refractivity contribution in [1.29, 1.82) is 0 Å². The third-order valence-electron chi connectivity index (χ3n) is 2.85. The molecule has 0 heterocycles. The first kappa shape index (κ1) is 10.2. The Bertz CT molecular complexity index is 130. The summed E-state index contributed by atoms with van der Waals surface area (Å²) in [6.07, 6.45) is 5.50. The van der Waals surface area contributed by atoms with Crippen molar-refractivity contribution in [1.82, 2.24) is 14.9 Å². The van der Waals surface area contributed by atoms with E-state index in [1.165, 1.54) is 25.7 Å². The van der Waals surface area contributed by atoms with E-state index in [4.69, 9.17) is 0 Å². The van der Waals surface area contributed by atoms with Crippen LogP contribution < -0.4 is 14.9 Å². The molecule has 12 heavy (non-hydrogen) atoms. The third-order valence-corrected chi connectivity index (χ3v) is 5.83. The van der Waals surface area contributed by atoms with Gasteiger partial charge < -0.3 is 14.9 Å². The lowest BCUT2D eigenvalue weighted by Gasteiger charge is -2.29. The van der Waals surface area contributed by atoms with Gasteiger partial charge in [-0.05, 0) is 33.5 Å². The fourth-order valence-electron chi connectivity index (χ4n) is 1.75. The molecule has 3 nitrogen and oxygen atoms in total. The summed E-state index contributed by atoms with van der Waals surface area (Å²) in [5.41, 5.74) is 0. The summed E-state index contributed by atoms with van der Waals surface area (Å²) in [5.74, 6) is 0. The fourth-order valence-corrected chi connectivity index (χ4v) is 3.39. The van der Waals surface area contributed by atoms with E-state index < -0.39 is 8.56 Å². The third kappa shape index (κ3) is 2.55. The first-order valence-electron chi connectivity index (χ1n) is 4.86. The molecule has 0 aromatic heterocycles. The van der Waals surface area contributed by atoms with Gasteiger partial charge in [-0.3, -0.25) is 0 Å². The van der Waals surface area contributed by atoms with Gasteiger partial charge in [0.25, 0.3) is 8.56 Å². The average Bonchev–Trinajstić information content (AvgIpc) is 2.57. The van der Waals surface area contributed by atoms with E-state index in [1.54, 1.807) is 0 Å². The van der Waals surface area contributed by atoms with Crippen LogP contribution in [0, 0.1) is 0 Å². The van der Waals surface area contributed by atoms with E-state index >= 15 is 0 Å². The highest BCUT2D eigenvalue weighted by atomic mass is 28.4. The van der Waals surface area contributed by atoms with Crippen LogP contribution >= 0.6 is 0 Å². The van der Waals surface area contributed by atoms with Crippen molar-refractivity contribution in [2.24, 2.45) is 0 Å². The second kappa shape index (κ2) is 4.37. The van der Waals surface area contributed by atoms with Crippen LogP contribution in [0.3, 0.4) is 0 Å². The maximum Gasteiger partial charge on any atom is 0.277 e. The first-order chi connectivity index (χ1) is 5.70. The van der Waals surface area contributed by atoms with Crippen LogP contribution in [-0.4, -0.2) is 28.7 Å². The molecule has 1 fully saturated rings. The van der Waals surface area contributed by atoms with E-state index in [2.05, 4.69) is 21.5 Å². The summed E-state index contributed by atoms with van der Waals surface area (Å²) in [7, 11) is 2.55. The van der Waals surface area contributed by atoms with Gasteiger partial charge in [-0.25, -0.2) is 0 Å². The van der Waals surface area contributed by atoms with Crippen LogP contribution in [-0.2, 0) is 0 Å². The zero-order chi connectivity index (χ0) is 9.03. The molecular weight excluding hydrogens is 166 g/mol. The Morgan fingerprint density at radius 3 is 2.00 bits per heavy atom. The molecule has 3 N–H and O–H groups in total. The van der Waals surface area contributed by atoms with Gasteiger partial charge in [-0.1, -0.05) is 12.8 Å². The van der Waals surface area contributed by atoms with Gasteiger partial charge in [-0.2, -0.15) is 0 Å². The van der Waals surface area contributed by atoms with Gasteiger partial charge in [-0.15, -0.1) is 0 Å². The lowest BCUT2D eigenvalue weighted by atomic mass is 10.3. The molecular formula is C8H21N3Si. The molecule has 0 saturated heterocycles. The minimum Gasteiger partial charge on any atom is -0.316 e. The Morgan fingerprint density at radius 2 is 1.58 bits per heavy atom. The summed E-state index contributed by atoms with van der Waals surface area (Å²) in [6, 6.07) is 0.751. The van der Waals surface area contributed by atoms with Gasteiger partial charge in [0.15, 0.2) is 0 Å². The van der Waals surface area contributed by atoms with E-state index in [1.807, 2.05) is 14.1 Å². The second-order valence-corrected chi connectivity index (χ2v) is 7.29. The van der Waals surface area contributed by atoms with Crippen LogP contribution in [0.25, 0.3) is 0 Å². The van der Waals surface area contributed by atoms with Crippen molar-refractivity contribution < 1.29 is 0 Å². The van der Waals surface area contributed by atoms with Gasteiger partial charge >= 0.3 is 0 Å². The zero-order valence-electron chi connectivity index (χ0n) is 8.41. The molecule has 0 atom stereocenters. The van der Waals surface area contributed by atoms with Crippen LogP contribution in [0.4, 0.5) is 0 Å². The molecule has 0 aromatic carbocycles. The summed E-state index contributed by atoms with van der Waals surface area (Å²) >= 11 is 0. The highest BCUT2D eigenvalue weighted by Crippen LogP contribution is 2.18. The zero-order valence-corrected chi connectivity index (χ0v) is 9.41. The van der Waals surface area contributed by atoms with Crippen LogP contribution in [0.2, 0.25) is 6.55 Å². The van der Waals surface area contributed by atoms with Crippen molar-refractivity contribution in [2.45, 2.75) is 38.3 Å². The Morgan fingerprint density at radius 1 is 1.08 bits per heavy atom. The maximum absolute atomic E-state index is 3.71.